The minimum absolute atomic E-state index is 0.311. The number of rotatable bonds is 7. The van der Waals surface area contributed by atoms with Crippen molar-refractivity contribution in [2.24, 2.45) is 0 Å². The Kier molecular flexibility index (Phi) is 6.15. The zero-order chi connectivity index (χ0) is 17.6. The van der Waals surface area contributed by atoms with E-state index in [0.717, 1.165) is 5.69 Å². The number of aliphatic hydroxyl groups excluding tert-OH is 2. The molecule has 24 heavy (non-hydrogen) atoms. The SMILES string of the molecule is CCC(CO)(CO)NC(=O)C1(Oc2ccc(C)nc2)CCNCC1. The molecular formula is C17H27N3O4. The maximum Gasteiger partial charge on any atom is 0.264 e. The highest BCUT2D eigenvalue weighted by atomic mass is 16.5. The molecule has 0 spiro atoms. The van der Waals surface area contributed by atoms with Gasteiger partial charge in [-0.3, -0.25) is 9.78 Å². The average molecular weight is 337 g/mol. The van der Waals surface area contributed by atoms with E-state index < -0.39 is 11.1 Å². The van der Waals surface area contributed by atoms with E-state index >= 15 is 0 Å². The van der Waals surface area contributed by atoms with Gasteiger partial charge < -0.3 is 25.6 Å². The van der Waals surface area contributed by atoms with Gasteiger partial charge in [-0.1, -0.05) is 6.92 Å². The molecule has 7 heteroatoms. The lowest BCUT2D eigenvalue weighted by Crippen LogP contribution is -2.63. The van der Waals surface area contributed by atoms with Gasteiger partial charge in [-0.2, -0.15) is 0 Å². The van der Waals surface area contributed by atoms with Gasteiger partial charge in [0.1, 0.15) is 5.75 Å². The molecule has 1 fully saturated rings. The lowest BCUT2D eigenvalue weighted by molar-refractivity contribution is -0.142. The van der Waals surface area contributed by atoms with Gasteiger partial charge in [0.25, 0.3) is 5.91 Å². The molecule has 0 radical (unpaired) electrons. The fourth-order valence-corrected chi connectivity index (χ4v) is 2.74. The fraction of sp³-hybridized carbons (Fsp3) is 0.647. The number of ether oxygens (including phenoxy) is 1. The highest BCUT2D eigenvalue weighted by molar-refractivity contribution is 5.86. The molecule has 7 nitrogen and oxygen atoms in total. The minimum atomic E-state index is -1.04. The van der Waals surface area contributed by atoms with E-state index in [9.17, 15) is 15.0 Å². The first-order valence-corrected chi connectivity index (χ1v) is 8.36. The third-order valence-corrected chi connectivity index (χ3v) is 4.68. The molecule has 2 heterocycles. The second-order valence-electron chi connectivity index (χ2n) is 6.39. The van der Waals surface area contributed by atoms with Gasteiger partial charge in [0, 0.05) is 18.5 Å². The molecule has 134 valence electrons. The van der Waals surface area contributed by atoms with Crippen molar-refractivity contribution >= 4 is 5.91 Å². The van der Waals surface area contributed by atoms with E-state index in [2.05, 4.69) is 15.6 Å². The number of carbonyl (C=O) groups excluding carboxylic acids is 1. The maximum absolute atomic E-state index is 13.0. The molecule has 1 aliphatic rings. The Labute approximate surface area is 142 Å². The molecule has 0 saturated carbocycles. The van der Waals surface area contributed by atoms with Crippen molar-refractivity contribution in [3.8, 4) is 5.75 Å². The Hall–Kier alpha value is -1.70. The summed E-state index contributed by atoms with van der Waals surface area (Å²) in [5.74, 6) is 0.224. The van der Waals surface area contributed by atoms with Gasteiger partial charge in [-0.15, -0.1) is 0 Å². The standard InChI is InChI=1S/C17H27N3O4/c1-3-16(11-21,12-22)20-15(23)17(6-8-18-9-7-17)24-14-5-4-13(2)19-10-14/h4-5,10,18,21-22H,3,6-9,11-12H2,1-2H3,(H,20,23). The van der Waals surface area contributed by atoms with E-state index in [-0.39, 0.29) is 19.1 Å². The Morgan fingerprint density at radius 2 is 2.04 bits per heavy atom. The number of hydrogen-bond donors (Lipinski definition) is 4. The van der Waals surface area contributed by atoms with Crippen LogP contribution in [-0.2, 0) is 4.79 Å². The summed E-state index contributed by atoms with van der Waals surface area (Å²) < 4.78 is 6.06. The van der Waals surface area contributed by atoms with Crippen LogP contribution in [0.15, 0.2) is 18.3 Å². The Balaban J connectivity index is 2.23. The lowest BCUT2D eigenvalue weighted by atomic mass is 9.88. The van der Waals surface area contributed by atoms with Crippen molar-refractivity contribution in [3.63, 3.8) is 0 Å². The van der Waals surface area contributed by atoms with Gasteiger partial charge in [-0.25, -0.2) is 0 Å². The number of aromatic nitrogens is 1. The normalized spacial score (nSPS) is 17.3. The Morgan fingerprint density at radius 1 is 1.38 bits per heavy atom. The topological polar surface area (TPSA) is 104 Å². The average Bonchev–Trinajstić information content (AvgIpc) is 2.62. The third kappa shape index (κ3) is 4.03. The summed E-state index contributed by atoms with van der Waals surface area (Å²) in [6.45, 7) is 4.36. The molecule has 0 atom stereocenters. The van der Waals surface area contributed by atoms with Crippen LogP contribution < -0.4 is 15.4 Å². The van der Waals surface area contributed by atoms with Gasteiger partial charge in [0.05, 0.1) is 24.9 Å². The summed E-state index contributed by atoms with van der Waals surface area (Å²) in [7, 11) is 0. The molecule has 1 saturated heterocycles. The summed E-state index contributed by atoms with van der Waals surface area (Å²) in [6.07, 6.45) is 3.04. The smallest absolute Gasteiger partial charge is 0.264 e. The Bertz CT molecular complexity index is 529. The van der Waals surface area contributed by atoms with Gasteiger partial charge in [0.15, 0.2) is 5.60 Å². The van der Waals surface area contributed by atoms with E-state index in [1.54, 1.807) is 12.3 Å². The van der Waals surface area contributed by atoms with Crippen molar-refractivity contribution in [1.29, 1.82) is 0 Å². The first-order chi connectivity index (χ1) is 11.5. The zero-order valence-corrected chi connectivity index (χ0v) is 14.3. The molecule has 0 aromatic carbocycles. The van der Waals surface area contributed by atoms with E-state index in [0.29, 0.717) is 38.1 Å². The van der Waals surface area contributed by atoms with Crippen LogP contribution >= 0.6 is 0 Å². The van der Waals surface area contributed by atoms with Crippen LogP contribution in [0.1, 0.15) is 31.9 Å². The van der Waals surface area contributed by atoms with E-state index in [4.69, 9.17) is 4.74 Å². The number of aryl methyl sites for hydroxylation is 1. The second-order valence-corrected chi connectivity index (χ2v) is 6.39. The van der Waals surface area contributed by atoms with E-state index in [1.165, 1.54) is 0 Å². The summed E-state index contributed by atoms with van der Waals surface area (Å²) in [4.78, 5) is 17.2. The molecule has 0 unspecified atom stereocenters. The van der Waals surface area contributed by atoms with Crippen molar-refractivity contribution in [2.75, 3.05) is 26.3 Å². The van der Waals surface area contributed by atoms with Gasteiger partial charge in [0.2, 0.25) is 0 Å². The second kappa shape index (κ2) is 7.92. The summed E-state index contributed by atoms with van der Waals surface area (Å²) >= 11 is 0. The number of carbonyl (C=O) groups is 1. The number of amides is 1. The maximum atomic E-state index is 13.0. The number of pyridine rings is 1. The molecule has 1 amide bonds. The summed E-state index contributed by atoms with van der Waals surface area (Å²) in [5, 5.41) is 25.2. The largest absolute Gasteiger partial charge is 0.476 e. The lowest BCUT2D eigenvalue weighted by Gasteiger charge is -2.40. The van der Waals surface area contributed by atoms with Crippen LogP contribution in [-0.4, -0.2) is 58.5 Å². The Morgan fingerprint density at radius 3 is 2.54 bits per heavy atom. The first-order valence-electron chi connectivity index (χ1n) is 8.36. The first kappa shape index (κ1) is 18.6. The molecule has 1 aliphatic heterocycles. The molecule has 0 bridgehead atoms. The van der Waals surface area contributed by atoms with Crippen LogP contribution in [0.4, 0.5) is 0 Å². The van der Waals surface area contributed by atoms with Crippen molar-refractivity contribution < 1.29 is 19.7 Å². The van der Waals surface area contributed by atoms with Crippen LogP contribution in [0.2, 0.25) is 0 Å². The van der Waals surface area contributed by atoms with Gasteiger partial charge in [-0.05, 0) is 38.6 Å². The van der Waals surface area contributed by atoms with Crippen LogP contribution in [0, 0.1) is 6.92 Å². The predicted octanol–water partition coefficient (Wildman–Crippen LogP) is 0.141. The number of nitrogens with zero attached hydrogens (tertiary/aromatic N) is 1. The molecule has 1 aromatic rings. The number of nitrogens with one attached hydrogen (secondary N) is 2. The summed E-state index contributed by atoms with van der Waals surface area (Å²) in [6, 6.07) is 3.63. The molecule has 2 rings (SSSR count). The summed E-state index contributed by atoms with van der Waals surface area (Å²) in [5.41, 5.74) is -1.20. The van der Waals surface area contributed by atoms with Crippen molar-refractivity contribution in [2.45, 2.75) is 44.2 Å². The highest BCUT2D eigenvalue weighted by Gasteiger charge is 2.45. The molecular weight excluding hydrogens is 310 g/mol. The monoisotopic (exact) mass is 337 g/mol. The number of piperidine rings is 1. The zero-order valence-electron chi connectivity index (χ0n) is 14.3. The molecule has 1 aromatic heterocycles. The van der Waals surface area contributed by atoms with Crippen LogP contribution in [0.3, 0.4) is 0 Å². The number of hydrogen-bond acceptors (Lipinski definition) is 6. The third-order valence-electron chi connectivity index (χ3n) is 4.68. The quantitative estimate of drug-likeness (QED) is 0.564. The van der Waals surface area contributed by atoms with Gasteiger partial charge >= 0.3 is 0 Å². The fourth-order valence-electron chi connectivity index (χ4n) is 2.74. The molecule has 4 N–H and O–H groups in total. The van der Waals surface area contributed by atoms with Crippen LogP contribution in [0.5, 0.6) is 5.75 Å². The number of aliphatic hydroxyl groups is 2. The highest BCUT2D eigenvalue weighted by Crippen LogP contribution is 2.27. The molecule has 0 aliphatic carbocycles. The predicted molar refractivity (Wildman–Crippen MR) is 89.8 cm³/mol. The van der Waals surface area contributed by atoms with E-state index in [1.807, 2.05) is 19.9 Å². The van der Waals surface area contributed by atoms with Crippen molar-refractivity contribution in [1.82, 2.24) is 15.6 Å². The van der Waals surface area contributed by atoms with Crippen LogP contribution in [0.25, 0.3) is 0 Å². The van der Waals surface area contributed by atoms with Crippen molar-refractivity contribution in [3.05, 3.63) is 24.0 Å². The minimum Gasteiger partial charge on any atom is -0.476 e.